The van der Waals surface area contributed by atoms with Gasteiger partial charge in [-0.25, -0.2) is 0 Å². The number of nitrogens with one attached hydrogen (secondary N) is 2. The van der Waals surface area contributed by atoms with Gasteiger partial charge in [-0.15, -0.1) is 0 Å². The van der Waals surface area contributed by atoms with Crippen molar-refractivity contribution in [3.8, 4) is 0 Å². The number of hydrogen-bond acceptors (Lipinski definition) is 3. The predicted molar refractivity (Wildman–Crippen MR) is 64.1 cm³/mol. The lowest BCUT2D eigenvalue weighted by Gasteiger charge is -2.08. The molecule has 0 aliphatic rings. The summed E-state index contributed by atoms with van der Waals surface area (Å²) in [5.74, 6) is 0.0380. The Labute approximate surface area is 96.5 Å². The summed E-state index contributed by atoms with van der Waals surface area (Å²) in [5.41, 5.74) is 1.04. The number of aromatic nitrogens is 1. The number of hydrogen-bond donors (Lipinski definition) is 2. The number of rotatable bonds is 6. The van der Waals surface area contributed by atoms with Gasteiger partial charge < -0.3 is 10.6 Å². The second kappa shape index (κ2) is 6.95. The summed E-state index contributed by atoms with van der Waals surface area (Å²) in [4.78, 5) is 15.5. The van der Waals surface area contributed by atoms with E-state index in [1.807, 2.05) is 32.0 Å². The lowest BCUT2D eigenvalue weighted by Crippen LogP contribution is -2.38. The first-order valence-corrected chi connectivity index (χ1v) is 5.58. The van der Waals surface area contributed by atoms with Gasteiger partial charge in [-0.2, -0.15) is 0 Å². The third-order valence-corrected chi connectivity index (χ3v) is 2.02. The zero-order valence-corrected chi connectivity index (χ0v) is 9.86. The summed E-state index contributed by atoms with van der Waals surface area (Å²) < 4.78 is 0. The average molecular weight is 221 g/mol. The molecule has 88 valence electrons. The molecule has 0 saturated heterocycles. The van der Waals surface area contributed by atoms with E-state index in [0.717, 1.165) is 18.7 Å². The minimum atomic E-state index is 0.0380. The van der Waals surface area contributed by atoms with E-state index in [0.29, 0.717) is 6.54 Å². The van der Waals surface area contributed by atoms with Crippen LogP contribution in [0.4, 0.5) is 0 Å². The predicted octanol–water partition coefficient (Wildman–Crippen LogP) is 0.738. The average Bonchev–Trinajstić information content (AvgIpc) is 2.25. The van der Waals surface area contributed by atoms with Crippen LogP contribution in [0.5, 0.6) is 0 Å². The molecule has 0 unspecified atom stereocenters. The standard InChI is InChI=1S/C12H19N3O/c1-10(2)15-12(16)9-13-8-6-11-5-3-4-7-14-11/h3-5,7,10,13H,6,8-9H2,1-2H3,(H,15,16). The third-order valence-electron chi connectivity index (χ3n) is 2.02. The van der Waals surface area contributed by atoms with Crippen LogP contribution in [0.1, 0.15) is 19.5 Å². The molecule has 0 radical (unpaired) electrons. The molecule has 0 saturated carbocycles. The van der Waals surface area contributed by atoms with Crippen molar-refractivity contribution in [2.24, 2.45) is 0 Å². The minimum absolute atomic E-state index is 0.0380. The summed E-state index contributed by atoms with van der Waals surface area (Å²) in [6.45, 7) is 5.03. The van der Waals surface area contributed by atoms with Crippen molar-refractivity contribution in [2.75, 3.05) is 13.1 Å². The van der Waals surface area contributed by atoms with Gasteiger partial charge in [0.25, 0.3) is 0 Å². The molecule has 1 rings (SSSR count). The van der Waals surface area contributed by atoms with Gasteiger partial charge in [0, 0.05) is 30.9 Å². The lowest BCUT2D eigenvalue weighted by atomic mass is 10.3. The molecule has 1 aromatic rings. The van der Waals surface area contributed by atoms with Gasteiger partial charge in [0.2, 0.25) is 5.91 Å². The molecule has 0 spiro atoms. The zero-order chi connectivity index (χ0) is 11.8. The van der Waals surface area contributed by atoms with Gasteiger partial charge >= 0.3 is 0 Å². The SMILES string of the molecule is CC(C)NC(=O)CNCCc1ccccn1. The smallest absolute Gasteiger partial charge is 0.234 e. The molecule has 0 aliphatic carbocycles. The van der Waals surface area contributed by atoms with Crippen LogP contribution in [0.25, 0.3) is 0 Å². The second-order valence-electron chi connectivity index (χ2n) is 3.97. The van der Waals surface area contributed by atoms with E-state index in [2.05, 4.69) is 15.6 Å². The van der Waals surface area contributed by atoms with E-state index in [9.17, 15) is 4.79 Å². The molecular weight excluding hydrogens is 202 g/mol. The van der Waals surface area contributed by atoms with Crippen LogP contribution in [0.2, 0.25) is 0 Å². The first kappa shape index (κ1) is 12.6. The van der Waals surface area contributed by atoms with Crippen LogP contribution in [-0.4, -0.2) is 30.0 Å². The monoisotopic (exact) mass is 221 g/mol. The Balaban J connectivity index is 2.10. The number of pyridine rings is 1. The Morgan fingerprint density at radius 3 is 2.88 bits per heavy atom. The Kier molecular flexibility index (Phi) is 5.50. The normalized spacial score (nSPS) is 10.4. The summed E-state index contributed by atoms with van der Waals surface area (Å²) >= 11 is 0. The van der Waals surface area contributed by atoms with Crippen molar-refractivity contribution in [3.05, 3.63) is 30.1 Å². The number of amides is 1. The molecule has 1 aromatic heterocycles. The Bertz CT molecular complexity index is 311. The van der Waals surface area contributed by atoms with E-state index in [1.54, 1.807) is 6.20 Å². The van der Waals surface area contributed by atoms with Gasteiger partial charge in [0.1, 0.15) is 0 Å². The Morgan fingerprint density at radius 1 is 1.44 bits per heavy atom. The summed E-state index contributed by atoms with van der Waals surface area (Å²) in [6.07, 6.45) is 2.62. The van der Waals surface area contributed by atoms with Crippen molar-refractivity contribution in [1.29, 1.82) is 0 Å². The fourth-order valence-corrected chi connectivity index (χ4v) is 1.34. The van der Waals surface area contributed by atoms with E-state index >= 15 is 0 Å². The number of carbonyl (C=O) groups is 1. The van der Waals surface area contributed by atoms with Crippen LogP contribution < -0.4 is 10.6 Å². The zero-order valence-electron chi connectivity index (χ0n) is 9.86. The van der Waals surface area contributed by atoms with E-state index in [4.69, 9.17) is 0 Å². The molecular formula is C12H19N3O. The highest BCUT2D eigenvalue weighted by Gasteiger charge is 2.01. The molecule has 0 aliphatic heterocycles. The highest BCUT2D eigenvalue weighted by molar-refractivity contribution is 5.78. The summed E-state index contributed by atoms with van der Waals surface area (Å²) in [7, 11) is 0. The van der Waals surface area contributed by atoms with Crippen molar-refractivity contribution < 1.29 is 4.79 Å². The highest BCUT2D eigenvalue weighted by atomic mass is 16.1. The molecule has 16 heavy (non-hydrogen) atoms. The maximum absolute atomic E-state index is 11.3. The maximum atomic E-state index is 11.3. The first-order chi connectivity index (χ1) is 7.68. The van der Waals surface area contributed by atoms with Gasteiger partial charge in [-0.1, -0.05) is 6.07 Å². The van der Waals surface area contributed by atoms with Gasteiger partial charge in [-0.05, 0) is 26.0 Å². The van der Waals surface area contributed by atoms with E-state index in [1.165, 1.54) is 0 Å². The molecule has 4 nitrogen and oxygen atoms in total. The largest absolute Gasteiger partial charge is 0.353 e. The van der Waals surface area contributed by atoms with Crippen molar-refractivity contribution in [2.45, 2.75) is 26.3 Å². The van der Waals surface area contributed by atoms with E-state index < -0.39 is 0 Å². The molecule has 0 aromatic carbocycles. The molecule has 0 bridgehead atoms. The van der Waals surface area contributed by atoms with Crippen molar-refractivity contribution in [3.63, 3.8) is 0 Å². The minimum Gasteiger partial charge on any atom is -0.353 e. The molecule has 4 heteroatoms. The van der Waals surface area contributed by atoms with Crippen LogP contribution in [-0.2, 0) is 11.2 Å². The Hall–Kier alpha value is -1.42. The van der Waals surface area contributed by atoms with E-state index in [-0.39, 0.29) is 11.9 Å². The van der Waals surface area contributed by atoms with Crippen molar-refractivity contribution in [1.82, 2.24) is 15.6 Å². The number of nitrogens with zero attached hydrogens (tertiary/aromatic N) is 1. The van der Waals surface area contributed by atoms with Gasteiger partial charge in [-0.3, -0.25) is 9.78 Å². The van der Waals surface area contributed by atoms with Gasteiger partial charge in [0.15, 0.2) is 0 Å². The molecule has 1 amide bonds. The summed E-state index contributed by atoms with van der Waals surface area (Å²) in [5, 5.41) is 5.91. The van der Waals surface area contributed by atoms with Crippen molar-refractivity contribution >= 4 is 5.91 Å². The Morgan fingerprint density at radius 2 is 2.25 bits per heavy atom. The maximum Gasteiger partial charge on any atom is 0.234 e. The van der Waals surface area contributed by atoms with Crippen LogP contribution in [0.3, 0.4) is 0 Å². The first-order valence-electron chi connectivity index (χ1n) is 5.58. The van der Waals surface area contributed by atoms with Crippen LogP contribution in [0, 0.1) is 0 Å². The third kappa shape index (κ3) is 5.46. The highest BCUT2D eigenvalue weighted by Crippen LogP contribution is 1.92. The fourth-order valence-electron chi connectivity index (χ4n) is 1.34. The van der Waals surface area contributed by atoms with Crippen LogP contribution >= 0.6 is 0 Å². The van der Waals surface area contributed by atoms with Gasteiger partial charge in [0.05, 0.1) is 6.54 Å². The second-order valence-corrected chi connectivity index (χ2v) is 3.97. The molecule has 1 heterocycles. The molecule has 0 fully saturated rings. The fraction of sp³-hybridized carbons (Fsp3) is 0.500. The lowest BCUT2D eigenvalue weighted by molar-refractivity contribution is -0.120. The van der Waals surface area contributed by atoms with Crippen LogP contribution in [0.15, 0.2) is 24.4 Å². The molecule has 2 N–H and O–H groups in total. The summed E-state index contributed by atoms with van der Waals surface area (Å²) in [6, 6.07) is 6.04. The topological polar surface area (TPSA) is 54.0 Å². The molecule has 0 atom stereocenters. The number of carbonyl (C=O) groups excluding carboxylic acids is 1. The quantitative estimate of drug-likeness (QED) is 0.697.